The summed E-state index contributed by atoms with van der Waals surface area (Å²) in [6.45, 7) is 11.8. The van der Waals surface area contributed by atoms with E-state index in [0.717, 1.165) is 13.1 Å². The van der Waals surface area contributed by atoms with Gasteiger partial charge in [-0.2, -0.15) is 10.5 Å². The normalized spacial score (nSPS) is 10.8. The molecule has 6 heteroatoms. The lowest BCUT2D eigenvalue weighted by atomic mass is 10.3. The zero-order valence-electron chi connectivity index (χ0n) is 12.6. The lowest BCUT2D eigenvalue weighted by Gasteiger charge is -2.25. The molecule has 1 heterocycles. The molecule has 0 amide bonds. The van der Waals surface area contributed by atoms with E-state index in [0.29, 0.717) is 10.8 Å². The second kappa shape index (κ2) is 6.58. The van der Waals surface area contributed by atoms with E-state index in [4.69, 9.17) is 10.5 Å². The quantitative estimate of drug-likeness (QED) is 0.793. The van der Waals surface area contributed by atoms with Crippen LogP contribution in [0.25, 0.3) is 0 Å². The Hall–Kier alpha value is -1.79. The number of thioether (sulfide) groups is 1. The van der Waals surface area contributed by atoms with Crippen LogP contribution in [0.1, 0.15) is 46.0 Å². The van der Waals surface area contributed by atoms with E-state index < -0.39 is 0 Å². The molecule has 20 heavy (non-hydrogen) atoms. The van der Waals surface area contributed by atoms with Crippen molar-refractivity contribution in [2.24, 2.45) is 0 Å². The second-order valence-corrected chi connectivity index (χ2v) is 6.98. The molecule has 1 aromatic heterocycles. The highest BCUT2D eigenvalue weighted by Crippen LogP contribution is 2.36. The molecule has 0 aromatic carbocycles. The average molecular weight is 289 g/mol. The molecule has 0 N–H and O–H groups in total. The molecule has 0 aliphatic rings. The van der Waals surface area contributed by atoms with Crippen LogP contribution in [0, 0.1) is 22.7 Å². The van der Waals surface area contributed by atoms with E-state index in [1.165, 1.54) is 0 Å². The van der Waals surface area contributed by atoms with Crippen LogP contribution in [-0.4, -0.2) is 27.8 Å². The Morgan fingerprint density at radius 3 is 1.95 bits per heavy atom. The average Bonchev–Trinajstić information content (AvgIpc) is 2.39. The Kier molecular flexibility index (Phi) is 5.35. The van der Waals surface area contributed by atoms with Gasteiger partial charge in [-0.25, -0.2) is 9.97 Å². The topological polar surface area (TPSA) is 76.6 Å². The van der Waals surface area contributed by atoms with Crippen LogP contribution in [0.4, 0.5) is 5.82 Å². The highest BCUT2D eigenvalue weighted by atomic mass is 32.2. The number of aromatic nitrogens is 2. The van der Waals surface area contributed by atoms with Gasteiger partial charge < -0.3 is 4.90 Å². The van der Waals surface area contributed by atoms with E-state index in [1.54, 1.807) is 11.8 Å². The molecule has 0 aliphatic heterocycles. The number of hydrogen-bond donors (Lipinski definition) is 0. The summed E-state index contributed by atoms with van der Waals surface area (Å²) in [5.41, 5.74) is 0.183. The van der Waals surface area contributed by atoms with Gasteiger partial charge in [-0.15, -0.1) is 0 Å². The van der Waals surface area contributed by atoms with Crippen LogP contribution in [-0.2, 0) is 0 Å². The molecule has 0 saturated carbocycles. The predicted octanol–water partition coefficient (Wildman–Crippen LogP) is 2.96. The molecule has 0 radical (unpaired) electrons. The highest BCUT2D eigenvalue weighted by Gasteiger charge is 2.22. The first-order chi connectivity index (χ1) is 9.36. The van der Waals surface area contributed by atoms with Crippen molar-refractivity contribution in [2.75, 3.05) is 18.0 Å². The maximum atomic E-state index is 9.10. The Labute approximate surface area is 124 Å². The summed E-state index contributed by atoms with van der Waals surface area (Å²) in [7, 11) is 0. The number of anilines is 1. The Bertz CT molecular complexity index is 559. The summed E-state index contributed by atoms with van der Waals surface area (Å²) in [4.78, 5) is 10.7. The van der Waals surface area contributed by atoms with E-state index in [2.05, 4.69) is 30.7 Å². The van der Waals surface area contributed by atoms with Gasteiger partial charge in [0.25, 0.3) is 0 Å². The molecule has 0 unspecified atom stereocenters. The molecular formula is C14H19N5S. The van der Waals surface area contributed by atoms with E-state index in [9.17, 15) is 0 Å². The van der Waals surface area contributed by atoms with Gasteiger partial charge in [0.15, 0.2) is 17.2 Å². The number of hydrogen-bond acceptors (Lipinski definition) is 6. The van der Waals surface area contributed by atoms with Gasteiger partial charge in [-0.3, -0.25) is 0 Å². The summed E-state index contributed by atoms with van der Waals surface area (Å²) in [5.74, 6) is 0.686. The van der Waals surface area contributed by atoms with Crippen LogP contribution < -0.4 is 4.90 Å². The molecule has 0 saturated heterocycles. The lowest BCUT2D eigenvalue weighted by molar-refractivity contribution is 0.783. The van der Waals surface area contributed by atoms with Gasteiger partial charge in [-0.1, -0.05) is 32.5 Å². The molecule has 106 valence electrons. The van der Waals surface area contributed by atoms with Crippen LogP contribution in [0.15, 0.2) is 5.03 Å². The molecule has 5 nitrogen and oxygen atoms in total. The first-order valence-electron chi connectivity index (χ1n) is 6.52. The molecule has 0 aliphatic carbocycles. The van der Waals surface area contributed by atoms with Gasteiger partial charge >= 0.3 is 0 Å². The molecule has 0 atom stereocenters. The second-order valence-electron chi connectivity index (χ2n) is 5.16. The van der Waals surface area contributed by atoms with E-state index in [1.807, 2.05) is 30.9 Å². The zero-order valence-corrected chi connectivity index (χ0v) is 13.4. The Morgan fingerprint density at radius 1 is 1.05 bits per heavy atom. The summed E-state index contributed by atoms with van der Waals surface area (Å²) < 4.78 is -0.0442. The third kappa shape index (κ3) is 3.85. The fourth-order valence-corrected chi connectivity index (χ4v) is 2.64. The van der Waals surface area contributed by atoms with Crippen molar-refractivity contribution in [1.29, 1.82) is 10.5 Å². The van der Waals surface area contributed by atoms with Crippen molar-refractivity contribution >= 4 is 17.6 Å². The van der Waals surface area contributed by atoms with Crippen LogP contribution in [0.3, 0.4) is 0 Å². The maximum Gasteiger partial charge on any atom is 0.179 e. The van der Waals surface area contributed by atoms with Crippen molar-refractivity contribution in [1.82, 2.24) is 9.97 Å². The van der Waals surface area contributed by atoms with Crippen LogP contribution >= 0.6 is 11.8 Å². The molecule has 0 fully saturated rings. The minimum absolute atomic E-state index is 0.0442. The van der Waals surface area contributed by atoms with Crippen molar-refractivity contribution in [3.8, 4) is 12.1 Å². The molecular weight excluding hydrogens is 270 g/mol. The van der Waals surface area contributed by atoms with Crippen molar-refractivity contribution in [3.63, 3.8) is 0 Å². The number of nitriles is 2. The van der Waals surface area contributed by atoms with Crippen molar-refractivity contribution in [2.45, 2.75) is 44.4 Å². The standard InChI is InChI=1S/C14H19N5S/c1-6-19(7-2)12-13(20-14(3,4)5)18-11(9-16)10(8-15)17-12/h6-7H2,1-5H3. The zero-order chi connectivity index (χ0) is 15.3. The SMILES string of the molecule is CCN(CC)c1nc(C#N)c(C#N)nc1SC(C)(C)C. The summed E-state index contributed by atoms with van der Waals surface area (Å²) in [6.07, 6.45) is 0. The highest BCUT2D eigenvalue weighted by molar-refractivity contribution is 8.00. The van der Waals surface area contributed by atoms with Gasteiger partial charge in [0.05, 0.1) is 0 Å². The number of rotatable bonds is 4. The lowest BCUT2D eigenvalue weighted by Crippen LogP contribution is -2.25. The summed E-state index contributed by atoms with van der Waals surface area (Å²) in [5, 5.41) is 18.9. The smallest absolute Gasteiger partial charge is 0.179 e. The predicted molar refractivity (Wildman–Crippen MR) is 80.6 cm³/mol. The van der Waals surface area contributed by atoms with E-state index >= 15 is 0 Å². The third-order valence-corrected chi connectivity index (χ3v) is 3.60. The largest absolute Gasteiger partial charge is 0.355 e. The molecule has 0 bridgehead atoms. The Balaban J connectivity index is 3.45. The molecule has 1 aromatic rings. The maximum absolute atomic E-state index is 9.10. The van der Waals surface area contributed by atoms with E-state index in [-0.39, 0.29) is 16.1 Å². The third-order valence-electron chi connectivity index (χ3n) is 2.52. The summed E-state index contributed by atoms with van der Waals surface area (Å²) in [6, 6.07) is 3.89. The fraction of sp³-hybridized carbons (Fsp3) is 0.571. The van der Waals surface area contributed by atoms with Gasteiger partial charge in [0, 0.05) is 17.8 Å². The first kappa shape index (κ1) is 16.3. The fourth-order valence-electron chi connectivity index (χ4n) is 1.65. The monoisotopic (exact) mass is 289 g/mol. The van der Waals surface area contributed by atoms with Crippen molar-refractivity contribution in [3.05, 3.63) is 11.4 Å². The Morgan fingerprint density at radius 2 is 1.55 bits per heavy atom. The molecule has 0 spiro atoms. The van der Waals surface area contributed by atoms with Gasteiger partial charge in [0.2, 0.25) is 0 Å². The minimum atomic E-state index is -0.0442. The van der Waals surface area contributed by atoms with Crippen LogP contribution in [0.5, 0.6) is 0 Å². The summed E-state index contributed by atoms with van der Waals surface area (Å²) >= 11 is 1.56. The van der Waals surface area contributed by atoms with Gasteiger partial charge in [-0.05, 0) is 13.8 Å². The van der Waals surface area contributed by atoms with Crippen molar-refractivity contribution < 1.29 is 0 Å². The number of nitrogens with zero attached hydrogens (tertiary/aromatic N) is 5. The molecule has 1 rings (SSSR count). The minimum Gasteiger partial charge on any atom is -0.355 e. The van der Waals surface area contributed by atoms with Gasteiger partial charge in [0.1, 0.15) is 17.2 Å². The first-order valence-corrected chi connectivity index (χ1v) is 7.34. The van der Waals surface area contributed by atoms with Crippen LogP contribution in [0.2, 0.25) is 0 Å².